The summed E-state index contributed by atoms with van der Waals surface area (Å²) in [5, 5.41) is 6.35. The van der Waals surface area contributed by atoms with Crippen LogP contribution in [0.2, 0.25) is 0 Å². The molecule has 0 atom stereocenters. The average molecular weight is 361 g/mol. The molecule has 2 aromatic rings. The van der Waals surface area contributed by atoms with E-state index in [0.717, 1.165) is 43.7 Å². The Labute approximate surface area is 155 Å². The summed E-state index contributed by atoms with van der Waals surface area (Å²) in [6, 6.07) is 18.5. The zero-order valence-electron chi connectivity index (χ0n) is 14.2. The number of para-hydroxylation sites is 1. The highest BCUT2D eigenvalue weighted by atomic mass is 35.5. The lowest BCUT2D eigenvalue weighted by molar-refractivity contribution is -0.124. The summed E-state index contributed by atoms with van der Waals surface area (Å²) in [6.45, 7) is 1.99. The van der Waals surface area contributed by atoms with Crippen molar-refractivity contribution in [1.29, 1.82) is 0 Å². The summed E-state index contributed by atoms with van der Waals surface area (Å²) < 4.78 is 5.79. The van der Waals surface area contributed by atoms with Crippen LogP contribution in [0.5, 0.6) is 5.75 Å². The maximum Gasteiger partial charge on any atom is 0.258 e. The lowest BCUT2D eigenvalue weighted by atomic mass is 10.0. The second-order valence-corrected chi connectivity index (χ2v) is 6.15. The molecule has 1 saturated heterocycles. The van der Waals surface area contributed by atoms with Gasteiger partial charge in [-0.3, -0.25) is 4.79 Å². The Bertz CT molecular complexity index is 658. The number of ether oxygens (including phenoxy) is 1. The molecule has 134 valence electrons. The fourth-order valence-corrected chi connectivity index (χ4v) is 2.99. The van der Waals surface area contributed by atoms with E-state index in [0.29, 0.717) is 0 Å². The van der Waals surface area contributed by atoms with Crippen LogP contribution in [0.4, 0.5) is 0 Å². The largest absolute Gasteiger partial charge is 0.483 e. The minimum Gasteiger partial charge on any atom is -0.483 e. The van der Waals surface area contributed by atoms with Crippen molar-refractivity contribution in [2.24, 2.45) is 0 Å². The summed E-state index contributed by atoms with van der Waals surface area (Å²) in [6.07, 6.45) is 2.76. The quantitative estimate of drug-likeness (QED) is 0.832. The van der Waals surface area contributed by atoms with Crippen LogP contribution < -0.4 is 15.4 Å². The van der Waals surface area contributed by atoms with Gasteiger partial charge in [-0.2, -0.15) is 0 Å². The van der Waals surface area contributed by atoms with Gasteiger partial charge in [0.1, 0.15) is 5.75 Å². The lowest BCUT2D eigenvalue weighted by Crippen LogP contribution is -2.44. The van der Waals surface area contributed by atoms with Gasteiger partial charge in [0.2, 0.25) is 0 Å². The number of nitrogens with one attached hydrogen (secondary N) is 2. The van der Waals surface area contributed by atoms with E-state index in [4.69, 9.17) is 4.74 Å². The van der Waals surface area contributed by atoms with E-state index in [1.165, 1.54) is 5.56 Å². The van der Waals surface area contributed by atoms with Gasteiger partial charge >= 0.3 is 0 Å². The predicted molar refractivity (Wildman–Crippen MR) is 102 cm³/mol. The standard InChI is InChI=1S/C20H24N2O2.ClH/c23-20(22-18-10-12-21-13-11-18)15-24-19-9-5-4-8-17(19)14-16-6-2-1-3-7-16;/h1-9,18,21H,10-15H2,(H,22,23);1H. The molecule has 1 aliphatic rings. The van der Waals surface area contributed by atoms with Gasteiger partial charge in [0, 0.05) is 12.5 Å². The normalized spacial score (nSPS) is 14.4. The van der Waals surface area contributed by atoms with E-state index in [1.807, 2.05) is 42.5 Å². The van der Waals surface area contributed by atoms with Gasteiger partial charge in [-0.25, -0.2) is 0 Å². The maximum absolute atomic E-state index is 12.1. The van der Waals surface area contributed by atoms with Crippen molar-refractivity contribution in [1.82, 2.24) is 10.6 Å². The molecule has 0 aliphatic carbocycles. The third-order valence-corrected chi connectivity index (χ3v) is 4.27. The molecule has 4 nitrogen and oxygen atoms in total. The maximum atomic E-state index is 12.1. The Morgan fingerprint density at radius 1 is 1.04 bits per heavy atom. The second kappa shape index (κ2) is 10.1. The van der Waals surface area contributed by atoms with Crippen molar-refractivity contribution < 1.29 is 9.53 Å². The Hall–Kier alpha value is -2.04. The fraction of sp³-hybridized carbons (Fsp3) is 0.350. The first kappa shape index (κ1) is 19.3. The molecule has 25 heavy (non-hydrogen) atoms. The van der Waals surface area contributed by atoms with Crippen LogP contribution >= 0.6 is 12.4 Å². The number of halogens is 1. The Balaban J connectivity index is 0.00000225. The third-order valence-electron chi connectivity index (χ3n) is 4.27. The molecule has 1 fully saturated rings. The number of piperidine rings is 1. The minimum atomic E-state index is -0.0450. The number of benzene rings is 2. The van der Waals surface area contributed by atoms with Crippen molar-refractivity contribution in [2.45, 2.75) is 25.3 Å². The van der Waals surface area contributed by atoms with Crippen molar-refractivity contribution in [3.63, 3.8) is 0 Å². The van der Waals surface area contributed by atoms with Crippen LogP contribution in [0.25, 0.3) is 0 Å². The highest BCUT2D eigenvalue weighted by Crippen LogP contribution is 2.21. The highest BCUT2D eigenvalue weighted by molar-refractivity contribution is 5.85. The van der Waals surface area contributed by atoms with E-state index < -0.39 is 0 Å². The van der Waals surface area contributed by atoms with Crippen LogP contribution in [0, 0.1) is 0 Å². The smallest absolute Gasteiger partial charge is 0.258 e. The van der Waals surface area contributed by atoms with Crippen LogP contribution in [0.1, 0.15) is 24.0 Å². The van der Waals surface area contributed by atoms with E-state index in [9.17, 15) is 4.79 Å². The molecule has 0 unspecified atom stereocenters. The summed E-state index contributed by atoms with van der Waals surface area (Å²) in [5.41, 5.74) is 2.33. The van der Waals surface area contributed by atoms with Gasteiger partial charge in [-0.05, 0) is 43.1 Å². The van der Waals surface area contributed by atoms with Crippen LogP contribution in [0.15, 0.2) is 54.6 Å². The lowest BCUT2D eigenvalue weighted by Gasteiger charge is -2.23. The van der Waals surface area contributed by atoms with Crippen molar-refractivity contribution in [3.8, 4) is 5.75 Å². The summed E-state index contributed by atoms with van der Waals surface area (Å²) in [5.74, 6) is 0.734. The third kappa shape index (κ3) is 6.07. The molecule has 2 N–H and O–H groups in total. The van der Waals surface area contributed by atoms with Gasteiger partial charge in [0.25, 0.3) is 5.91 Å². The predicted octanol–water partition coefficient (Wildman–Crippen LogP) is 2.95. The molecular weight excluding hydrogens is 336 g/mol. The Morgan fingerprint density at radius 2 is 1.72 bits per heavy atom. The minimum absolute atomic E-state index is 0. The van der Waals surface area contributed by atoms with E-state index in [1.54, 1.807) is 0 Å². The molecule has 5 heteroatoms. The number of carbonyl (C=O) groups is 1. The van der Waals surface area contributed by atoms with Crippen molar-refractivity contribution in [3.05, 3.63) is 65.7 Å². The number of carbonyl (C=O) groups excluding carboxylic acids is 1. The fourth-order valence-electron chi connectivity index (χ4n) is 2.99. The molecular formula is C20H25ClN2O2. The number of rotatable bonds is 6. The van der Waals surface area contributed by atoms with Gasteiger partial charge in [-0.1, -0.05) is 48.5 Å². The van der Waals surface area contributed by atoms with E-state index >= 15 is 0 Å². The Kier molecular flexibility index (Phi) is 7.76. The first-order valence-electron chi connectivity index (χ1n) is 8.56. The molecule has 0 aromatic heterocycles. The van der Waals surface area contributed by atoms with Gasteiger partial charge < -0.3 is 15.4 Å². The van der Waals surface area contributed by atoms with Crippen LogP contribution in [-0.2, 0) is 11.2 Å². The SMILES string of the molecule is Cl.O=C(COc1ccccc1Cc1ccccc1)NC1CCNCC1. The molecule has 1 heterocycles. The average Bonchev–Trinajstić information content (AvgIpc) is 2.63. The molecule has 3 rings (SSSR count). The molecule has 0 spiro atoms. The summed E-state index contributed by atoms with van der Waals surface area (Å²) in [4.78, 5) is 12.1. The van der Waals surface area contributed by atoms with Crippen molar-refractivity contribution >= 4 is 18.3 Å². The summed E-state index contributed by atoms with van der Waals surface area (Å²) >= 11 is 0. The zero-order valence-corrected chi connectivity index (χ0v) is 15.1. The van der Waals surface area contributed by atoms with Gasteiger partial charge in [0.15, 0.2) is 6.61 Å². The van der Waals surface area contributed by atoms with Gasteiger partial charge in [-0.15, -0.1) is 12.4 Å². The zero-order chi connectivity index (χ0) is 16.6. The Morgan fingerprint density at radius 3 is 2.48 bits per heavy atom. The first-order chi connectivity index (χ1) is 11.8. The second-order valence-electron chi connectivity index (χ2n) is 6.15. The van der Waals surface area contributed by atoms with Crippen LogP contribution in [-0.4, -0.2) is 31.6 Å². The van der Waals surface area contributed by atoms with E-state index in [-0.39, 0.29) is 31.0 Å². The molecule has 0 saturated carbocycles. The monoisotopic (exact) mass is 360 g/mol. The highest BCUT2D eigenvalue weighted by Gasteiger charge is 2.15. The van der Waals surface area contributed by atoms with E-state index in [2.05, 4.69) is 22.8 Å². The molecule has 0 radical (unpaired) electrons. The van der Waals surface area contributed by atoms with Gasteiger partial charge in [0.05, 0.1) is 0 Å². The first-order valence-corrected chi connectivity index (χ1v) is 8.56. The van der Waals surface area contributed by atoms with Crippen LogP contribution in [0.3, 0.4) is 0 Å². The number of hydrogen-bond acceptors (Lipinski definition) is 3. The number of hydrogen-bond donors (Lipinski definition) is 2. The molecule has 1 amide bonds. The summed E-state index contributed by atoms with van der Waals surface area (Å²) in [7, 11) is 0. The topological polar surface area (TPSA) is 50.4 Å². The molecule has 0 bridgehead atoms. The molecule has 2 aromatic carbocycles. The van der Waals surface area contributed by atoms with Crippen molar-refractivity contribution in [2.75, 3.05) is 19.7 Å². The molecule has 1 aliphatic heterocycles. The number of amides is 1.